The maximum Gasteiger partial charge on any atom is 0.316 e. The Balaban J connectivity index is 1.84. The Morgan fingerprint density at radius 2 is 1.75 bits per heavy atom. The van der Waals surface area contributed by atoms with Crippen LogP contribution in [-0.2, 0) is 21.4 Å². The molecule has 36 heavy (non-hydrogen) atoms. The molecule has 0 fully saturated rings. The molecule has 1 aromatic heterocycles. The Bertz CT molecular complexity index is 1380. The van der Waals surface area contributed by atoms with Crippen molar-refractivity contribution in [3.63, 3.8) is 0 Å². The van der Waals surface area contributed by atoms with E-state index in [2.05, 4.69) is 0 Å². The van der Waals surface area contributed by atoms with Gasteiger partial charge in [0.05, 0.1) is 46.3 Å². The predicted molar refractivity (Wildman–Crippen MR) is 144 cm³/mol. The number of ether oxygens (including phenoxy) is 2. The molecule has 3 aromatic carbocycles. The van der Waals surface area contributed by atoms with Gasteiger partial charge >= 0.3 is 5.97 Å². The van der Waals surface area contributed by atoms with E-state index >= 15 is 0 Å². The molecule has 4 rings (SSSR count). The average molecular weight is 523 g/mol. The van der Waals surface area contributed by atoms with Gasteiger partial charge in [0, 0.05) is 12.0 Å². The Morgan fingerprint density at radius 1 is 1.00 bits per heavy atom. The number of methoxy groups -OCH3 is 1. The number of halogens is 2. The second-order valence-corrected chi connectivity index (χ2v) is 9.67. The van der Waals surface area contributed by atoms with Gasteiger partial charge in [-0.3, -0.25) is 4.79 Å². The van der Waals surface area contributed by atoms with Gasteiger partial charge in [-0.2, -0.15) is 5.10 Å². The molecule has 0 amide bonds. The van der Waals surface area contributed by atoms with Crippen LogP contribution in [0, 0.1) is 6.92 Å². The summed E-state index contributed by atoms with van der Waals surface area (Å²) < 4.78 is 12.7. The van der Waals surface area contributed by atoms with Crippen LogP contribution >= 0.6 is 23.2 Å². The van der Waals surface area contributed by atoms with E-state index in [1.54, 1.807) is 13.2 Å². The van der Waals surface area contributed by atoms with Crippen LogP contribution < -0.4 is 4.74 Å². The lowest BCUT2D eigenvalue weighted by Crippen LogP contribution is -2.37. The van der Waals surface area contributed by atoms with Crippen molar-refractivity contribution >= 4 is 29.2 Å². The highest BCUT2D eigenvalue weighted by atomic mass is 35.5. The third-order valence-corrected chi connectivity index (χ3v) is 6.95. The highest BCUT2D eigenvalue weighted by Gasteiger charge is 2.38. The van der Waals surface area contributed by atoms with Crippen LogP contribution in [0.5, 0.6) is 5.75 Å². The molecular formula is C29H28Cl2N2O3. The highest BCUT2D eigenvalue weighted by Crippen LogP contribution is 2.34. The van der Waals surface area contributed by atoms with Gasteiger partial charge in [-0.1, -0.05) is 59.1 Å². The van der Waals surface area contributed by atoms with Gasteiger partial charge in [-0.15, -0.1) is 0 Å². The largest absolute Gasteiger partial charge is 0.497 e. The molecule has 4 aromatic rings. The van der Waals surface area contributed by atoms with E-state index in [9.17, 15) is 4.79 Å². The molecule has 1 unspecified atom stereocenters. The Morgan fingerprint density at radius 3 is 2.39 bits per heavy atom. The third kappa shape index (κ3) is 5.28. The van der Waals surface area contributed by atoms with Crippen LogP contribution in [-0.4, -0.2) is 29.5 Å². The molecular weight excluding hydrogens is 495 g/mol. The van der Waals surface area contributed by atoms with Crippen LogP contribution in [0.15, 0.2) is 72.8 Å². The first-order valence-electron chi connectivity index (χ1n) is 11.7. The summed E-state index contributed by atoms with van der Waals surface area (Å²) >= 11 is 12.5. The Hall–Kier alpha value is -3.28. The van der Waals surface area contributed by atoms with Gasteiger partial charge in [-0.05, 0) is 68.8 Å². The molecule has 1 atom stereocenters. The second kappa shape index (κ2) is 10.8. The van der Waals surface area contributed by atoms with Crippen molar-refractivity contribution in [3.05, 3.63) is 99.7 Å². The highest BCUT2D eigenvalue weighted by molar-refractivity contribution is 6.42. The summed E-state index contributed by atoms with van der Waals surface area (Å²) in [5, 5.41) is 5.86. The number of esters is 1. The molecule has 7 heteroatoms. The number of benzene rings is 3. The second-order valence-electron chi connectivity index (χ2n) is 8.86. The van der Waals surface area contributed by atoms with Gasteiger partial charge in [0.1, 0.15) is 5.75 Å². The lowest BCUT2D eigenvalue weighted by Gasteiger charge is -2.27. The minimum Gasteiger partial charge on any atom is -0.497 e. The van der Waals surface area contributed by atoms with Crippen LogP contribution in [0.25, 0.3) is 16.9 Å². The molecule has 0 N–H and O–H groups in total. The normalized spacial score (nSPS) is 12.7. The van der Waals surface area contributed by atoms with Crippen molar-refractivity contribution in [2.24, 2.45) is 0 Å². The molecule has 0 aliphatic heterocycles. The minimum atomic E-state index is -0.921. The summed E-state index contributed by atoms with van der Waals surface area (Å²) in [4.78, 5) is 13.3. The number of carbonyl (C=O) groups excluding carboxylic acids is 1. The number of aryl methyl sites for hydroxylation is 1. The van der Waals surface area contributed by atoms with Crippen molar-refractivity contribution in [3.8, 4) is 22.7 Å². The SMILES string of the molecule is CCOC(=O)C(C)(Cc1cc(-c2ccc(Cl)c(Cl)c2)n(-c2ccc(OC)cc2)n1)c1cccc(C)c1. The summed E-state index contributed by atoms with van der Waals surface area (Å²) in [6.07, 6.45) is 0.354. The average Bonchev–Trinajstić information content (AvgIpc) is 3.29. The third-order valence-electron chi connectivity index (χ3n) is 6.21. The molecule has 5 nitrogen and oxygen atoms in total. The molecule has 0 saturated carbocycles. The molecule has 0 aliphatic rings. The van der Waals surface area contributed by atoms with E-state index in [-0.39, 0.29) is 5.97 Å². The van der Waals surface area contributed by atoms with E-state index in [0.29, 0.717) is 23.1 Å². The summed E-state index contributed by atoms with van der Waals surface area (Å²) in [7, 11) is 1.63. The fourth-order valence-electron chi connectivity index (χ4n) is 4.23. The smallest absolute Gasteiger partial charge is 0.316 e. The standard InChI is InChI=1S/C29H28Cl2N2O3/c1-5-36-28(34)29(3,21-8-6-7-19(2)15-21)18-22-17-27(20-9-14-25(30)26(31)16-20)33(32-22)23-10-12-24(35-4)13-11-23/h6-17H,5,18H2,1-4H3. The van der Waals surface area contributed by atoms with Crippen molar-refractivity contribution in [1.82, 2.24) is 9.78 Å². The van der Waals surface area contributed by atoms with E-state index in [0.717, 1.165) is 39.5 Å². The van der Waals surface area contributed by atoms with E-state index in [1.165, 1.54) is 0 Å². The maximum absolute atomic E-state index is 13.3. The zero-order valence-corrected chi connectivity index (χ0v) is 22.2. The summed E-state index contributed by atoms with van der Waals surface area (Å²) in [5.74, 6) is 0.460. The Labute approximate surface area is 221 Å². The first-order chi connectivity index (χ1) is 17.2. The van der Waals surface area contributed by atoms with Crippen LogP contribution in [0.2, 0.25) is 10.0 Å². The molecule has 0 radical (unpaired) electrons. The van der Waals surface area contributed by atoms with Crippen LogP contribution in [0.1, 0.15) is 30.7 Å². The van der Waals surface area contributed by atoms with Gasteiger partial charge in [-0.25, -0.2) is 4.68 Å². The zero-order chi connectivity index (χ0) is 25.9. The first-order valence-corrected chi connectivity index (χ1v) is 12.4. The maximum atomic E-state index is 13.3. The fraction of sp³-hybridized carbons (Fsp3) is 0.241. The van der Waals surface area contributed by atoms with Crippen LogP contribution in [0.3, 0.4) is 0 Å². The van der Waals surface area contributed by atoms with Gasteiger partial charge in [0.15, 0.2) is 0 Å². The molecule has 1 heterocycles. The minimum absolute atomic E-state index is 0.286. The topological polar surface area (TPSA) is 53.4 Å². The quantitative estimate of drug-likeness (QED) is 0.229. The van der Waals surface area contributed by atoms with E-state index in [4.69, 9.17) is 37.8 Å². The molecule has 0 bridgehead atoms. The summed E-state index contributed by atoms with van der Waals surface area (Å²) in [6.45, 7) is 6.03. The first kappa shape index (κ1) is 25.8. The van der Waals surface area contributed by atoms with Gasteiger partial charge < -0.3 is 9.47 Å². The molecule has 0 saturated heterocycles. The Kier molecular flexibility index (Phi) is 7.72. The number of rotatable bonds is 8. The van der Waals surface area contributed by atoms with Gasteiger partial charge in [0.2, 0.25) is 0 Å². The van der Waals surface area contributed by atoms with Crippen molar-refractivity contribution in [2.45, 2.75) is 32.6 Å². The molecule has 186 valence electrons. The number of hydrogen-bond donors (Lipinski definition) is 0. The van der Waals surface area contributed by atoms with Crippen molar-refractivity contribution < 1.29 is 14.3 Å². The van der Waals surface area contributed by atoms with Gasteiger partial charge in [0.25, 0.3) is 0 Å². The lowest BCUT2D eigenvalue weighted by atomic mass is 9.78. The number of hydrogen-bond acceptors (Lipinski definition) is 4. The van der Waals surface area contributed by atoms with Crippen molar-refractivity contribution in [2.75, 3.05) is 13.7 Å². The van der Waals surface area contributed by atoms with Crippen LogP contribution in [0.4, 0.5) is 0 Å². The van der Waals surface area contributed by atoms with E-state index < -0.39 is 5.41 Å². The number of carbonyl (C=O) groups is 1. The van der Waals surface area contributed by atoms with Crippen molar-refractivity contribution in [1.29, 1.82) is 0 Å². The van der Waals surface area contributed by atoms with E-state index in [1.807, 2.05) is 92.2 Å². The summed E-state index contributed by atoms with van der Waals surface area (Å²) in [5.41, 5.74) is 4.30. The monoisotopic (exact) mass is 522 g/mol. The fourth-order valence-corrected chi connectivity index (χ4v) is 4.53. The lowest BCUT2D eigenvalue weighted by molar-refractivity contribution is -0.149. The number of aromatic nitrogens is 2. The molecule has 0 aliphatic carbocycles. The number of nitrogens with zero attached hydrogens (tertiary/aromatic N) is 2. The summed E-state index contributed by atoms with van der Waals surface area (Å²) in [6, 6.07) is 23.0. The predicted octanol–water partition coefficient (Wildman–Crippen LogP) is 7.23. The zero-order valence-electron chi connectivity index (χ0n) is 20.7. The molecule has 0 spiro atoms.